The number of hydrogen-bond donors (Lipinski definition) is 2. The van der Waals surface area contributed by atoms with Gasteiger partial charge in [0.1, 0.15) is 10.5 Å². The molecule has 0 amide bonds. The smallest absolute Gasteiger partial charge is 0.268 e. The van der Waals surface area contributed by atoms with Crippen molar-refractivity contribution < 1.29 is 0 Å². The van der Waals surface area contributed by atoms with Crippen molar-refractivity contribution >= 4 is 21.6 Å². The van der Waals surface area contributed by atoms with E-state index in [9.17, 15) is 4.79 Å². The molecule has 4 nitrogen and oxygen atoms in total. The topological polar surface area (TPSA) is 57.8 Å². The van der Waals surface area contributed by atoms with Crippen LogP contribution in [0.5, 0.6) is 0 Å². The number of rotatable bonds is 3. The summed E-state index contributed by atoms with van der Waals surface area (Å²) in [5, 5.41) is 5.28. The quantitative estimate of drug-likeness (QED) is 0.896. The molecule has 0 spiro atoms. The largest absolute Gasteiger partial charge is 0.308 e. The summed E-state index contributed by atoms with van der Waals surface area (Å²) < 4.78 is 0.697. The Kier molecular flexibility index (Phi) is 3.54. The van der Waals surface area contributed by atoms with Crippen LogP contribution in [0.1, 0.15) is 33.5 Å². The van der Waals surface area contributed by atoms with Gasteiger partial charge in [0.05, 0.1) is 12.1 Å². The number of thiophene rings is 1. The first kappa shape index (κ1) is 13.2. The van der Waals surface area contributed by atoms with Gasteiger partial charge in [-0.25, -0.2) is 4.98 Å². The van der Waals surface area contributed by atoms with Crippen molar-refractivity contribution in [3.8, 4) is 0 Å². The van der Waals surface area contributed by atoms with Crippen molar-refractivity contribution in [2.75, 3.05) is 0 Å². The van der Waals surface area contributed by atoms with Crippen molar-refractivity contribution in [2.45, 2.75) is 40.3 Å². The molecule has 2 aromatic rings. The molecule has 5 heteroatoms. The number of aromatic amines is 1. The van der Waals surface area contributed by atoms with Crippen LogP contribution in [0, 0.1) is 5.41 Å². The summed E-state index contributed by atoms with van der Waals surface area (Å²) in [6.45, 7) is 9.27. The van der Waals surface area contributed by atoms with Gasteiger partial charge in [-0.15, -0.1) is 11.3 Å². The first-order valence-electron chi connectivity index (χ1n) is 6.07. The molecule has 2 heterocycles. The number of nitrogens with zero attached hydrogens (tertiary/aromatic N) is 1. The number of H-pyrrole nitrogens is 1. The van der Waals surface area contributed by atoms with E-state index in [0.29, 0.717) is 23.1 Å². The standard InChI is InChI=1S/C13H19N3OS/c1-8(13(2,3)4)14-7-10-15-9-5-6-18-11(9)12(17)16-10/h5-6,8,14H,7H2,1-4H3,(H,15,16,17). The van der Waals surface area contributed by atoms with Gasteiger partial charge in [0.2, 0.25) is 0 Å². The zero-order chi connectivity index (χ0) is 13.3. The van der Waals surface area contributed by atoms with Crippen molar-refractivity contribution in [2.24, 2.45) is 5.41 Å². The van der Waals surface area contributed by atoms with E-state index < -0.39 is 0 Å². The first-order valence-corrected chi connectivity index (χ1v) is 6.95. The normalized spacial score (nSPS) is 14.0. The molecule has 0 fully saturated rings. The number of nitrogens with one attached hydrogen (secondary N) is 2. The SMILES string of the molecule is CC(NCc1nc2ccsc2c(=O)[nH]1)C(C)(C)C. The second-order valence-electron chi connectivity index (χ2n) is 5.62. The second kappa shape index (κ2) is 4.82. The van der Waals surface area contributed by atoms with Gasteiger partial charge in [-0.2, -0.15) is 0 Å². The van der Waals surface area contributed by atoms with Gasteiger partial charge in [-0.1, -0.05) is 20.8 Å². The molecule has 2 aromatic heterocycles. The Morgan fingerprint density at radius 1 is 1.50 bits per heavy atom. The van der Waals surface area contributed by atoms with E-state index in [0.717, 1.165) is 5.52 Å². The van der Waals surface area contributed by atoms with Gasteiger partial charge >= 0.3 is 0 Å². The highest BCUT2D eigenvalue weighted by Crippen LogP contribution is 2.19. The fraction of sp³-hybridized carbons (Fsp3) is 0.538. The summed E-state index contributed by atoms with van der Waals surface area (Å²) in [7, 11) is 0. The minimum Gasteiger partial charge on any atom is -0.308 e. The van der Waals surface area contributed by atoms with Crippen LogP contribution in [0.3, 0.4) is 0 Å². The Labute approximate surface area is 110 Å². The van der Waals surface area contributed by atoms with Crippen molar-refractivity contribution in [1.82, 2.24) is 15.3 Å². The van der Waals surface area contributed by atoms with Gasteiger partial charge in [-0.05, 0) is 23.8 Å². The van der Waals surface area contributed by atoms with Crippen LogP contribution in [0.25, 0.3) is 10.2 Å². The number of aromatic nitrogens is 2. The molecular formula is C13H19N3OS. The lowest BCUT2D eigenvalue weighted by Crippen LogP contribution is -2.37. The van der Waals surface area contributed by atoms with Gasteiger partial charge in [0.25, 0.3) is 5.56 Å². The monoisotopic (exact) mass is 265 g/mol. The Hall–Kier alpha value is -1.20. The molecule has 2 rings (SSSR count). The average molecular weight is 265 g/mol. The lowest BCUT2D eigenvalue weighted by Gasteiger charge is -2.28. The Bertz CT molecular complexity index is 594. The summed E-state index contributed by atoms with van der Waals surface area (Å²) >= 11 is 1.42. The van der Waals surface area contributed by atoms with Crippen LogP contribution in [-0.4, -0.2) is 16.0 Å². The van der Waals surface area contributed by atoms with Crippen LogP contribution >= 0.6 is 11.3 Å². The third kappa shape index (κ3) is 2.79. The maximum Gasteiger partial charge on any atom is 0.268 e. The van der Waals surface area contributed by atoms with Gasteiger partial charge in [0, 0.05) is 6.04 Å². The van der Waals surface area contributed by atoms with Gasteiger partial charge in [0.15, 0.2) is 0 Å². The van der Waals surface area contributed by atoms with E-state index in [1.54, 1.807) is 0 Å². The molecule has 18 heavy (non-hydrogen) atoms. The van der Waals surface area contributed by atoms with Crippen molar-refractivity contribution in [1.29, 1.82) is 0 Å². The maximum absolute atomic E-state index is 11.8. The molecule has 2 N–H and O–H groups in total. The number of fused-ring (bicyclic) bond motifs is 1. The fourth-order valence-corrected chi connectivity index (χ4v) is 2.29. The van der Waals surface area contributed by atoms with Crippen LogP contribution in [0.2, 0.25) is 0 Å². The highest BCUT2D eigenvalue weighted by Gasteiger charge is 2.19. The van der Waals surface area contributed by atoms with Crippen molar-refractivity contribution in [3.05, 3.63) is 27.6 Å². The average Bonchev–Trinajstić information content (AvgIpc) is 2.73. The molecule has 1 unspecified atom stereocenters. The van der Waals surface area contributed by atoms with Crippen LogP contribution in [0.4, 0.5) is 0 Å². The Morgan fingerprint density at radius 3 is 2.89 bits per heavy atom. The molecular weight excluding hydrogens is 246 g/mol. The summed E-state index contributed by atoms with van der Waals surface area (Å²) in [5.41, 5.74) is 0.923. The lowest BCUT2D eigenvalue weighted by molar-refractivity contribution is 0.283. The summed E-state index contributed by atoms with van der Waals surface area (Å²) in [5.74, 6) is 0.696. The molecule has 0 aliphatic carbocycles. The van der Waals surface area contributed by atoms with E-state index in [4.69, 9.17) is 0 Å². The first-order chi connectivity index (χ1) is 8.38. The van der Waals surface area contributed by atoms with Gasteiger partial charge in [-0.3, -0.25) is 4.79 Å². The van der Waals surface area contributed by atoms with Crippen LogP contribution < -0.4 is 10.9 Å². The summed E-state index contributed by atoms with van der Waals surface area (Å²) in [6.07, 6.45) is 0. The molecule has 98 valence electrons. The highest BCUT2D eigenvalue weighted by atomic mass is 32.1. The lowest BCUT2D eigenvalue weighted by atomic mass is 9.88. The minimum absolute atomic E-state index is 0.0461. The second-order valence-corrected chi connectivity index (χ2v) is 6.53. The Morgan fingerprint density at radius 2 is 2.22 bits per heavy atom. The van der Waals surface area contributed by atoms with Crippen LogP contribution in [-0.2, 0) is 6.54 Å². The van der Waals surface area contributed by atoms with E-state index in [2.05, 4.69) is 43.0 Å². The molecule has 0 bridgehead atoms. The van der Waals surface area contributed by atoms with Crippen LogP contribution in [0.15, 0.2) is 16.2 Å². The van der Waals surface area contributed by atoms with Crippen molar-refractivity contribution in [3.63, 3.8) is 0 Å². The van der Waals surface area contributed by atoms with E-state index in [1.807, 2.05) is 11.4 Å². The zero-order valence-corrected chi connectivity index (χ0v) is 12.0. The molecule has 0 aliphatic heterocycles. The molecule has 0 aromatic carbocycles. The highest BCUT2D eigenvalue weighted by molar-refractivity contribution is 7.17. The third-order valence-corrected chi connectivity index (χ3v) is 4.14. The summed E-state index contributed by atoms with van der Waals surface area (Å²) in [4.78, 5) is 19.1. The molecule has 1 atom stereocenters. The predicted molar refractivity (Wildman–Crippen MR) is 76.0 cm³/mol. The molecule has 0 saturated heterocycles. The Balaban J connectivity index is 2.15. The van der Waals surface area contributed by atoms with E-state index in [-0.39, 0.29) is 11.0 Å². The van der Waals surface area contributed by atoms with E-state index in [1.165, 1.54) is 11.3 Å². The molecule has 0 aliphatic rings. The van der Waals surface area contributed by atoms with E-state index >= 15 is 0 Å². The zero-order valence-electron chi connectivity index (χ0n) is 11.2. The third-order valence-electron chi connectivity index (χ3n) is 3.24. The minimum atomic E-state index is -0.0461. The fourth-order valence-electron chi connectivity index (χ4n) is 1.56. The predicted octanol–water partition coefficient (Wildman–Crippen LogP) is 2.51. The molecule has 0 saturated carbocycles. The maximum atomic E-state index is 11.8. The molecule has 0 radical (unpaired) electrons. The number of hydrogen-bond acceptors (Lipinski definition) is 4. The van der Waals surface area contributed by atoms with Gasteiger partial charge < -0.3 is 10.3 Å². The summed E-state index contributed by atoms with van der Waals surface area (Å²) in [6, 6.07) is 2.23.